The SMILES string of the molecule is CN(CC(=O)N1CCCC1)C1CCCN(c2cccnn2)C1. The van der Waals surface area contributed by atoms with Gasteiger partial charge in [-0.2, -0.15) is 5.10 Å². The number of likely N-dealkylation sites (N-methyl/N-ethyl adjacent to an activating group) is 1. The molecule has 2 fully saturated rings. The van der Waals surface area contributed by atoms with Gasteiger partial charge in [-0.25, -0.2) is 0 Å². The number of aromatic nitrogens is 2. The lowest BCUT2D eigenvalue weighted by atomic mass is 10.0. The second-order valence-electron chi connectivity index (χ2n) is 6.33. The van der Waals surface area contributed by atoms with Gasteiger partial charge in [-0.15, -0.1) is 5.10 Å². The minimum atomic E-state index is 0.275. The summed E-state index contributed by atoms with van der Waals surface area (Å²) in [5.41, 5.74) is 0. The molecule has 6 nitrogen and oxygen atoms in total. The fourth-order valence-electron chi connectivity index (χ4n) is 3.39. The number of hydrogen-bond donors (Lipinski definition) is 0. The lowest BCUT2D eigenvalue weighted by molar-refractivity contribution is -0.131. The summed E-state index contributed by atoms with van der Waals surface area (Å²) in [5.74, 6) is 1.21. The van der Waals surface area contributed by atoms with Crippen LogP contribution in [0.25, 0.3) is 0 Å². The Bertz CT molecular complexity index is 489. The first-order chi connectivity index (χ1) is 10.7. The van der Waals surface area contributed by atoms with Crippen molar-refractivity contribution in [3.8, 4) is 0 Å². The van der Waals surface area contributed by atoms with Crippen LogP contribution in [0.1, 0.15) is 25.7 Å². The molecule has 0 bridgehead atoms. The number of carbonyl (C=O) groups is 1. The van der Waals surface area contributed by atoms with Gasteiger partial charge in [0.25, 0.3) is 0 Å². The molecule has 0 aromatic carbocycles. The molecular formula is C16H25N5O. The van der Waals surface area contributed by atoms with Crippen LogP contribution in [0.3, 0.4) is 0 Å². The van der Waals surface area contributed by atoms with E-state index < -0.39 is 0 Å². The number of piperidine rings is 1. The third kappa shape index (κ3) is 3.55. The molecule has 22 heavy (non-hydrogen) atoms. The highest BCUT2D eigenvalue weighted by Gasteiger charge is 2.27. The molecule has 1 atom stereocenters. The largest absolute Gasteiger partial charge is 0.354 e. The van der Waals surface area contributed by atoms with Gasteiger partial charge in [-0.3, -0.25) is 9.69 Å². The number of nitrogens with zero attached hydrogens (tertiary/aromatic N) is 5. The average Bonchev–Trinajstić information content (AvgIpc) is 3.10. The fourth-order valence-corrected chi connectivity index (χ4v) is 3.39. The summed E-state index contributed by atoms with van der Waals surface area (Å²) >= 11 is 0. The molecule has 2 aliphatic rings. The summed E-state index contributed by atoms with van der Waals surface area (Å²) in [6.45, 7) is 4.33. The Balaban J connectivity index is 1.55. The smallest absolute Gasteiger partial charge is 0.236 e. The van der Waals surface area contributed by atoms with Gasteiger partial charge in [0.05, 0.1) is 6.54 Å². The molecule has 3 rings (SSSR count). The van der Waals surface area contributed by atoms with Gasteiger partial charge >= 0.3 is 0 Å². The van der Waals surface area contributed by atoms with Crippen molar-refractivity contribution in [1.29, 1.82) is 0 Å². The highest BCUT2D eigenvalue weighted by Crippen LogP contribution is 2.20. The maximum atomic E-state index is 12.3. The molecule has 0 saturated carbocycles. The summed E-state index contributed by atoms with van der Waals surface area (Å²) in [5, 5.41) is 8.17. The van der Waals surface area contributed by atoms with Crippen molar-refractivity contribution in [2.75, 3.05) is 44.7 Å². The molecule has 1 unspecified atom stereocenters. The Morgan fingerprint density at radius 3 is 2.86 bits per heavy atom. The van der Waals surface area contributed by atoms with E-state index in [1.54, 1.807) is 6.20 Å². The van der Waals surface area contributed by atoms with Crippen LogP contribution < -0.4 is 4.90 Å². The van der Waals surface area contributed by atoms with Crippen LogP contribution >= 0.6 is 0 Å². The molecule has 0 aliphatic carbocycles. The summed E-state index contributed by atoms with van der Waals surface area (Å²) in [6, 6.07) is 4.33. The van der Waals surface area contributed by atoms with Gasteiger partial charge in [0.1, 0.15) is 0 Å². The minimum Gasteiger partial charge on any atom is -0.354 e. The van der Waals surface area contributed by atoms with E-state index in [1.807, 2.05) is 17.0 Å². The van der Waals surface area contributed by atoms with E-state index in [4.69, 9.17) is 0 Å². The first-order valence-electron chi connectivity index (χ1n) is 8.25. The highest BCUT2D eigenvalue weighted by atomic mass is 16.2. The van der Waals surface area contributed by atoms with Crippen molar-refractivity contribution in [3.05, 3.63) is 18.3 Å². The lowest BCUT2D eigenvalue weighted by Gasteiger charge is -2.38. The molecular weight excluding hydrogens is 278 g/mol. The van der Waals surface area contributed by atoms with E-state index >= 15 is 0 Å². The highest BCUT2D eigenvalue weighted by molar-refractivity contribution is 5.78. The van der Waals surface area contributed by atoms with Gasteiger partial charge in [0.2, 0.25) is 5.91 Å². The standard InChI is InChI=1S/C16H25N5O/c1-19(13-16(22)20-9-2-3-10-20)14-6-5-11-21(12-14)15-7-4-8-17-18-15/h4,7-8,14H,2-3,5-6,9-13H2,1H3. The van der Waals surface area contributed by atoms with Crippen LogP contribution in [-0.2, 0) is 4.79 Å². The van der Waals surface area contributed by atoms with E-state index in [1.165, 1.54) is 0 Å². The topological polar surface area (TPSA) is 52.6 Å². The van der Waals surface area contributed by atoms with Gasteiger partial charge in [-0.1, -0.05) is 0 Å². The van der Waals surface area contributed by atoms with E-state index in [9.17, 15) is 4.79 Å². The fraction of sp³-hybridized carbons (Fsp3) is 0.688. The Morgan fingerprint density at radius 1 is 1.32 bits per heavy atom. The lowest BCUT2D eigenvalue weighted by Crippen LogP contribution is -2.49. The maximum Gasteiger partial charge on any atom is 0.236 e. The second kappa shape index (κ2) is 7.05. The zero-order valence-corrected chi connectivity index (χ0v) is 13.3. The number of likely N-dealkylation sites (tertiary alicyclic amines) is 1. The first-order valence-corrected chi connectivity index (χ1v) is 8.25. The van der Waals surface area contributed by atoms with E-state index in [2.05, 4.69) is 27.0 Å². The Labute approximate surface area is 132 Å². The van der Waals surface area contributed by atoms with Gasteiger partial charge in [0.15, 0.2) is 5.82 Å². The quantitative estimate of drug-likeness (QED) is 0.830. The molecule has 3 heterocycles. The third-order valence-corrected chi connectivity index (χ3v) is 4.75. The maximum absolute atomic E-state index is 12.3. The van der Waals surface area contributed by atoms with Crippen LogP contribution in [0.4, 0.5) is 5.82 Å². The summed E-state index contributed by atoms with van der Waals surface area (Å²) in [4.78, 5) is 18.8. The van der Waals surface area contributed by atoms with Crippen LogP contribution in [0.5, 0.6) is 0 Å². The second-order valence-corrected chi connectivity index (χ2v) is 6.33. The predicted molar refractivity (Wildman–Crippen MR) is 85.7 cm³/mol. The monoisotopic (exact) mass is 303 g/mol. The normalized spacial score (nSPS) is 22.4. The molecule has 2 aliphatic heterocycles. The van der Waals surface area contributed by atoms with Crippen LogP contribution in [0.15, 0.2) is 18.3 Å². The number of anilines is 1. The molecule has 0 N–H and O–H groups in total. The number of amides is 1. The van der Waals surface area contributed by atoms with Crippen LogP contribution in [0, 0.1) is 0 Å². The summed E-state index contributed by atoms with van der Waals surface area (Å²) in [7, 11) is 2.07. The van der Waals surface area contributed by atoms with Crippen LogP contribution in [0.2, 0.25) is 0 Å². The number of carbonyl (C=O) groups excluding carboxylic acids is 1. The molecule has 120 valence electrons. The van der Waals surface area contributed by atoms with Crippen molar-refractivity contribution in [2.24, 2.45) is 0 Å². The minimum absolute atomic E-state index is 0.275. The Hall–Kier alpha value is -1.69. The van der Waals surface area contributed by atoms with E-state index in [0.29, 0.717) is 12.6 Å². The van der Waals surface area contributed by atoms with Crippen LogP contribution in [-0.4, -0.2) is 71.7 Å². The van der Waals surface area contributed by atoms with Crippen molar-refractivity contribution in [3.63, 3.8) is 0 Å². The summed E-state index contributed by atoms with van der Waals surface area (Å²) < 4.78 is 0. The summed E-state index contributed by atoms with van der Waals surface area (Å²) in [6.07, 6.45) is 6.27. The van der Waals surface area contributed by atoms with Crippen molar-refractivity contribution in [1.82, 2.24) is 20.0 Å². The van der Waals surface area contributed by atoms with E-state index in [0.717, 1.165) is 57.7 Å². The van der Waals surface area contributed by atoms with Gasteiger partial charge in [0, 0.05) is 38.4 Å². The molecule has 2 saturated heterocycles. The molecule has 6 heteroatoms. The molecule has 1 amide bonds. The van der Waals surface area contributed by atoms with Gasteiger partial charge in [-0.05, 0) is 44.9 Å². The molecule has 1 aromatic heterocycles. The third-order valence-electron chi connectivity index (χ3n) is 4.75. The Morgan fingerprint density at radius 2 is 2.14 bits per heavy atom. The van der Waals surface area contributed by atoms with Crippen molar-refractivity contribution in [2.45, 2.75) is 31.7 Å². The Kier molecular flexibility index (Phi) is 4.87. The molecule has 1 aromatic rings. The zero-order valence-electron chi connectivity index (χ0n) is 13.3. The average molecular weight is 303 g/mol. The van der Waals surface area contributed by atoms with Crippen molar-refractivity contribution >= 4 is 11.7 Å². The number of hydrogen-bond acceptors (Lipinski definition) is 5. The molecule has 0 radical (unpaired) electrons. The first kappa shape index (κ1) is 15.2. The molecule has 0 spiro atoms. The van der Waals surface area contributed by atoms with E-state index in [-0.39, 0.29) is 5.91 Å². The van der Waals surface area contributed by atoms with Gasteiger partial charge < -0.3 is 9.80 Å². The zero-order chi connectivity index (χ0) is 15.4. The van der Waals surface area contributed by atoms with Crippen molar-refractivity contribution < 1.29 is 4.79 Å². The predicted octanol–water partition coefficient (Wildman–Crippen LogP) is 1.000. The number of rotatable bonds is 4.